The van der Waals surface area contributed by atoms with Crippen molar-refractivity contribution in [3.8, 4) is 5.75 Å². The van der Waals surface area contributed by atoms with Gasteiger partial charge in [-0.1, -0.05) is 36.4 Å². The van der Waals surface area contributed by atoms with Gasteiger partial charge < -0.3 is 15.2 Å². The third-order valence-electron chi connectivity index (χ3n) is 4.48. The first-order chi connectivity index (χ1) is 12.0. The number of benzene rings is 2. The minimum atomic E-state index is -1.25. The molecule has 2 N–H and O–H groups in total. The highest BCUT2D eigenvalue weighted by Crippen LogP contribution is 2.32. The van der Waals surface area contributed by atoms with Crippen molar-refractivity contribution in [2.24, 2.45) is 0 Å². The number of hydrogen-bond acceptors (Lipinski definition) is 3. The van der Waals surface area contributed by atoms with Gasteiger partial charge >= 0.3 is 0 Å². The molecule has 132 valence electrons. The predicted molar refractivity (Wildman–Crippen MR) is 92.6 cm³/mol. The van der Waals surface area contributed by atoms with E-state index in [1.165, 1.54) is 12.1 Å². The fraction of sp³-hybridized carbons (Fsp3) is 0.350. The molecule has 1 heterocycles. The number of amides is 1. The highest BCUT2D eigenvalue weighted by Gasteiger charge is 2.29. The van der Waals surface area contributed by atoms with E-state index in [0.29, 0.717) is 24.3 Å². The molecule has 1 aliphatic heterocycles. The van der Waals surface area contributed by atoms with Gasteiger partial charge in [0, 0.05) is 11.6 Å². The first-order valence-corrected chi connectivity index (χ1v) is 8.45. The van der Waals surface area contributed by atoms with Gasteiger partial charge in [-0.25, -0.2) is 4.39 Å². The van der Waals surface area contributed by atoms with Crippen LogP contribution in [0.4, 0.5) is 4.39 Å². The van der Waals surface area contributed by atoms with Crippen LogP contribution in [0.3, 0.4) is 0 Å². The Balaban J connectivity index is 1.73. The minimum absolute atomic E-state index is 0.0507. The number of hydrogen-bond donors (Lipinski definition) is 2. The first kappa shape index (κ1) is 17.4. The van der Waals surface area contributed by atoms with Gasteiger partial charge in [0.2, 0.25) is 5.91 Å². The first-order valence-electron chi connectivity index (χ1n) is 8.45. The molecule has 0 saturated carbocycles. The van der Waals surface area contributed by atoms with E-state index in [2.05, 4.69) is 5.32 Å². The maximum Gasteiger partial charge on any atom is 0.223 e. The monoisotopic (exact) mass is 343 g/mol. The van der Waals surface area contributed by atoms with E-state index < -0.39 is 5.60 Å². The van der Waals surface area contributed by atoms with Gasteiger partial charge in [0.15, 0.2) is 0 Å². The summed E-state index contributed by atoms with van der Waals surface area (Å²) in [5.41, 5.74) is 0.210. The summed E-state index contributed by atoms with van der Waals surface area (Å²) >= 11 is 0. The van der Waals surface area contributed by atoms with Crippen molar-refractivity contribution < 1.29 is 19.0 Å². The second kappa shape index (κ2) is 7.23. The third kappa shape index (κ3) is 4.17. The molecule has 0 fully saturated rings. The van der Waals surface area contributed by atoms with Crippen LogP contribution >= 0.6 is 0 Å². The van der Waals surface area contributed by atoms with Crippen LogP contribution < -0.4 is 10.1 Å². The summed E-state index contributed by atoms with van der Waals surface area (Å²) in [6.45, 7) is 2.12. The third-order valence-corrected chi connectivity index (χ3v) is 4.48. The molecule has 1 amide bonds. The second-order valence-electron chi connectivity index (χ2n) is 6.61. The molecule has 3 rings (SSSR count). The molecule has 5 heteroatoms. The van der Waals surface area contributed by atoms with E-state index in [9.17, 15) is 14.3 Å². The second-order valence-corrected chi connectivity index (χ2v) is 6.61. The molecule has 0 bridgehead atoms. The average molecular weight is 343 g/mol. The van der Waals surface area contributed by atoms with Crippen molar-refractivity contribution >= 4 is 5.91 Å². The van der Waals surface area contributed by atoms with Crippen molar-refractivity contribution in [1.82, 2.24) is 5.32 Å². The highest BCUT2D eigenvalue weighted by atomic mass is 19.1. The molecule has 0 aromatic heterocycles. The van der Waals surface area contributed by atoms with Crippen LogP contribution in [0.5, 0.6) is 5.75 Å². The normalized spacial score (nSPS) is 19.1. The van der Waals surface area contributed by atoms with E-state index in [1.807, 2.05) is 18.2 Å². The van der Waals surface area contributed by atoms with Gasteiger partial charge in [-0.15, -0.1) is 0 Å². The number of nitrogens with one attached hydrogen (secondary N) is 1. The SMILES string of the molecule is CC(O)(CC(=O)NC1CCCOc2cc(F)ccc21)c1ccccc1. The summed E-state index contributed by atoms with van der Waals surface area (Å²) in [7, 11) is 0. The standard InChI is InChI=1S/C20H22FNO3/c1-20(24,14-6-3-2-4-7-14)13-19(23)22-17-8-5-11-25-18-12-15(21)9-10-16(17)18/h2-4,6-7,9-10,12,17,24H,5,8,11,13H2,1H3,(H,22,23). The zero-order chi connectivity index (χ0) is 17.9. The van der Waals surface area contributed by atoms with Crippen molar-refractivity contribution in [1.29, 1.82) is 0 Å². The summed E-state index contributed by atoms with van der Waals surface area (Å²) in [5, 5.41) is 13.6. The Labute approximate surface area is 146 Å². The summed E-state index contributed by atoms with van der Waals surface area (Å²) < 4.78 is 19.0. The summed E-state index contributed by atoms with van der Waals surface area (Å²) in [6.07, 6.45) is 1.42. The van der Waals surface area contributed by atoms with Gasteiger partial charge in [0.05, 0.1) is 24.7 Å². The molecule has 0 saturated heterocycles. The lowest BCUT2D eigenvalue weighted by molar-refractivity contribution is -0.126. The van der Waals surface area contributed by atoms with Gasteiger partial charge in [-0.2, -0.15) is 0 Å². The lowest BCUT2D eigenvalue weighted by Gasteiger charge is -2.25. The lowest BCUT2D eigenvalue weighted by atomic mass is 9.92. The Bertz CT molecular complexity index is 746. The van der Waals surface area contributed by atoms with E-state index >= 15 is 0 Å². The van der Waals surface area contributed by atoms with Crippen LogP contribution in [0.2, 0.25) is 0 Å². The average Bonchev–Trinajstić information content (AvgIpc) is 2.77. The topological polar surface area (TPSA) is 58.6 Å². The lowest BCUT2D eigenvalue weighted by Crippen LogP contribution is -2.35. The Morgan fingerprint density at radius 1 is 1.32 bits per heavy atom. The molecule has 2 atom stereocenters. The van der Waals surface area contributed by atoms with Crippen molar-refractivity contribution in [3.05, 3.63) is 65.5 Å². The van der Waals surface area contributed by atoms with Crippen LogP contribution in [-0.2, 0) is 10.4 Å². The zero-order valence-electron chi connectivity index (χ0n) is 14.2. The Kier molecular flexibility index (Phi) is 5.04. The van der Waals surface area contributed by atoms with Crippen LogP contribution in [-0.4, -0.2) is 17.6 Å². The van der Waals surface area contributed by atoms with Gasteiger partial charge in [0.25, 0.3) is 0 Å². The summed E-state index contributed by atoms with van der Waals surface area (Å²) in [6, 6.07) is 13.2. The Morgan fingerprint density at radius 3 is 2.84 bits per heavy atom. The smallest absolute Gasteiger partial charge is 0.223 e. The van der Waals surface area contributed by atoms with E-state index in [1.54, 1.807) is 25.1 Å². The summed E-state index contributed by atoms with van der Waals surface area (Å²) in [5.74, 6) is -0.147. The minimum Gasteiger partial charge on any atom is -0.493 e. The van der Waals surface area contributed by atoms with E-state index in [4.69, 9.17) is 4.74 Å². The van der Waals surface area contributed by atoms with Gasteiger partial charge in [0.1, 0.15) is 11.6 Å². The predicted octanol–water partition coefficient (Wildman–Crippen LogP) is 3.45. The van der Waals surface area contributed by atoms with Crippen molar-refractivity contribution in [2.45, 2.75) is 37.8 Å². The zero-order valence-corrected chi connectivity index (χ0v) is 14.2. The van der Waals surface area contributed by atoms with Crippen LogP contribution in [0.15, 0.2) is 48.5 Å². The molecular formula is C20H22FNO3. The molecule has 4 nitrogen and oxygen atoms in total. The van der Waals surface area contributed by atoms with Crippen LogP contribution in [0.1, 0.15) is 43.4 Å². The fourth-order valence-corrected chi connectivity index (χ4v) is 3.15. The van der Waals surface area contributed by atoms with Gasteiger partial charge in [-0.05, 0) is 31.4 Å². The van der Waals surface area contributed by atoms with Crippen LogP contribution in [0.25, 0.3) is 0 Å². The van der Waals surface area contributed by atoms with E-state index in [0.717, 1.165) is 12.0 Å². The Hall–Kier alpha value is -2.40. The number of aliphatic hydroxyl groups is 1. The molecular weight excluding hydrogens is 321 g/mol. The maximum atomic E-state index is 13.4. The molecule has 2 unspecified atom stereocenters. The maximum absolute atomic E-state index is 13.4. The molecule has 0 aliphatic carbocycles. The molecule has 2 aromatic rings. The van der Waals surface area contributed by atoms with Crippen LogP contribution in [0, 0.1) is 5.82 Å². The Morgan fingerprint density at radius 2 is 2.08 bits per heavy atom. The quantitative estimate of drug-likeness (QED) is 0.894. The molecule has 25 heavy (non-hydrogen) atoms. The number of carbonyl (C=O) groups excluding carboxylic acids is 1. The summed E-state index contributed by atoms with van der Waals surface area (Å²) in [4.78, 5) is 12.5. The van der Waals surface area contributed by atoms with Gasteiger partial charge in [-0.3, -0.25) is 4.79 Å². The number of halogens is 1. The number of ether oxygens (including phenoxy) is 1. The molecule has 0 spiro atoms. The molecule has 0 radical (unpaired) electrons. The van der Waals surface area contributed by atoms with E-state index in [-0.39, 0.29) is 24.2 Å². The number of fused-ring (bicyclic) bond motifs is 1. The fourth-order valence-electron chi connectivity index (χ4n) is 3.15. The number of carbonyl (C=O) groups is 1. The largest absolute Gasteiger partial charge is 0.493 e. The molecule has 2 aromatic carbocycles. The number of rotatable bonds is 4. The molecule has 1 aliphatic rings. The van der Waals surface area contributed by atoms with Crippen molar-refractivity contribution in [3.63, 3.8) is 0 Å². The highest BCUT2D eigenvalue weighted by molar-refractivity contribution is 5.78. The van der Waals surface area contributed by atoms with Crippen molar-refractivity contribution in [2.75, 3.05) is 6.61 Å².